The van der Waals surface area contributed by atoms with Gasteiger partial charge in [0.1, 0.15) is 0 Å². The Morgan fingerprint density at radius 1 is 1.00 bits per heavy atom. The third-order valence-electron chi connectivity index (χ3n) is 3.98. The van der Waals surface area contributed by atoms with Gasteiger partial charge >= 0.3 is 5.97 Å². The zero-order valence-electron chi connectivity index (χ0n) is 13.7. The first-order valence-corrected chi connectivity index (χ1v) is 8.01. The molecule has 0 heterocycles. The van der Waals surface area contributed by atoms with Crippen LogP contribution in [0.1, 0.15) is 24.2 Å². The Hall–Kier alpha value is -2.88. The molecule has 0 unspecified atom stereocenters. The van der Waals surface area contributed by atoms with Crippen LogP contribution in [0.15, 0.2) is 54.6 Å². The van der Waals surface area contributed by atoms with Crippen LogP contribution in [0, 0.1) is 0 Å². The van der Waals surface area contributed by atoms with Crippen LogP contribution in [0.2, 0.25) is 0 Å². The van der Waals surface area contributed by atoms with Crippen LogP contribution in [0.4, 0.5) is 0 Å². The maximum absolute atomic E-state index is 12.8. The second-order valence-electron chi connectivity index (χ2n) is 5.64. The van der Waals surface area contributed by atoms with Crippen molar-refractivity contribution in [2.45, 2.75) is 20.0 Å². The monoisotopic (exact) mass is 321 g/mol. The summed E-state index contributed by atoms with van der Waals surface area (Å²) in [5, 5.41) is 6.24. The van der Waals surface area contributed by atoms with E-state index in [2.05, 4.69) is 11.4 Å². The Balaban J connectivity index is 2.09. The largest absolute Gasteiger partial charge is 0.449 e. The Morgan fingerprint density at radius 2 is 1.54 bits per heavy atom. The average molecular weight is 321 g/mol. The molecule has 122 valence electrons. The minimum Gasteiger partial charge on any atom is -0.449 e. The van der Waals surface area contributed by atoms with Crippen molar-refractivity contribution in [3.05, 3.63) is 60.2 Å². The highest BCUT2D eigenvalue weighted by Crippen LogP contribution is 2.29. The number of hydrogen-bond acceptors (Lipinski definition) is 3. The molecule has 4 heteroatoms. The van der Waals surface area contributed by atoms with E-state index in [1.165, 1.54) is 0 Å². The van der Waals surface area contributed by atoms with Gasteiger partial charge in [-0.15, -0.1) is 0 Å². The van der Waals surface area contributed by atoms with Crippen LogP contribution >= 0.6 is 0 Å². The second kappa shape index (κ2) is 6.71. The Bertz CT molecular complexity index is 863. The van der Waals surface area contributed by atoms with Crippen LogP contribution in [-0.4, -0.2) is 24.5 Å². The molecule has 3 rings (SSSR count). The van der Waals surface area contributed by atoms with Crippen molar-refractivity contribution in [3.8, 4) is 0 Å². The summed E-state index contributed by atoms with van der Waals surface area (Å²) in [5.74, 6) is -0.780. The topological polar surface area (TPSA) is 55.4 Å². The molecule has 0 spiro atoms. The van der Waals surface area contributed by atoms with Crippen LogP contribution in [0.3, 0.4) is 0 Å². The molecule has 0 aliphatic rings. The van der Waals surface area contributed by atoms with E-state index in [9.17, 15) is 9.59 Å². The van der Waals surface area contributed by atoms with Gasteiger partial charge in [0, 0.05) is 6.54 Å². The molecule has 1 atom stereocenters. The van der Waals surface area contributed by atoms with Crippen molar-refractivity contribution >= 4 is 33.4 Å². The van der Waals surface area contributed by atoms with Gasteiger partial charge in [-0.3, -0.25) is 4.79 Å². The van der Waals surface area contributed by atoms with Crippen LogP contribution < -0.4 is 5.32 Å². The van der Waals surface area contributed by atoms with E-state index in [0.29, 0.717) is 12.1 Å². The van der Waals surface area contributed by atoms with Gasteiger partial charge < -0.3 is 10.1 Å². The fraction of sp³-hybridized carbons (Fsp3) is 0.200. The fourth-order valence-electron chi connectivity index (χ4n) is 2.82. The third kappa shape index (κ3) is 2.95. The molecule has 0 aliphatic carbocycles. The molecule has 0 aromatic heterocycles. The first-order chi connectivity index (χ1) is 11.6. The van der Waals surface area contributed by atoms with Crippen molar-refractivity contribution in [1.29, 1.82) is 0 Å². The lowest BCUT2D eigenvalue weighted by molar-refractivity contribution is -0.128. The summed E-state index contributed by atoms with van der Waals surface area (Å²) in [6, 6.07) is 17.4. The van der Waals surface area contributed by atoms with E-state index < -0.39 is 12.1 Å². The Morgan fingerprint density at radius 3 is 2.08 bits per heavy atom. The Labute approximate surface area is 140 Å². The van der Waals surface area contributed by atoms with Gasteiger partial charge in [0.05, 0.1) is 5.56 Å². The molecule has 1 N–H and O–H groups in total. The van der Waals surface area contributed by atoms with Crippen LogP contribution in [0.5, 0.6) is 0 Å². The average Bonchev–Trinajstić information content (AvgIpc) is 2.59. The van der Waals surface area contributed by atoms with Crippen molar-refractivity contribution in [2.75, 3.05) is 6.54 Å². The molecule has 3 aromatic rings. The predicted octanol–water partition coefficient (Wildman–Crippen LogP) is 3.67. The van der Waals surface area contributed by atoms with E-state index in [4.69, 9.17) is 4.74 Å². The summed E-state index contributed by atoms with van der Waals surface area (Å²) < 4.78 is 5.42. The van der Waals surface area contributed by atoms with E-state index in [1.807, 2.05) is 55.5 Å². The minimum absolute atomic E-state index is 0.296. The third-order valence-corrected chi connectivity index (χ3v) is 3.98. The molecule has 3 aromatic carbocycles. The van der Waals surface area contributed by atoms with Crippen molar-refractivity contribution in [2.24, 2.45) is 0 Å². The molecule has 0 saturated heterocycles. The lowest BCUT2D eigenvalue weighted by atomic mass is 9.97. The number of hydrogen-bond donors (Lipinski definition) is 1. The Kier molecular flexibility index (Phi) is 4.47. The molecule has 0 saturated carbocycles. The first kappa shape index (κ1) is 16.0. The summed E-state index contributed by atoms with van der Waals surface area (Å²) in [6.07, 6.45) is -0.838. The second-order valence-corrected chi connectivity index (χ2v) is 5.64. The van der Waals surface area contributed by atoms with Crippen molar-refractivity contribution in [1.82, 2.24) is 5.32 Å². The maximum Gasteiger partial charge on any atom is 0.340 e. The van der Waals surface area contributed by atoms with Gasteiger partial charge in [0.25, 0.3) is 5.91 Å². The molecule has 1 amide bonds. The number of carbonyl (C=O) groups is 2. The van der Waals surface area contributed by atoms with E-state index in [1.54, 1.807) is 6.92 Å². The number of amides is 1. The number of benzene rings is 3. The SMILES string of the molecule is CCNC(=O)[C@@H](C)OC(=O)c1c2ccccc2cc2ccccc12. The van der Waals surface area contributed by atoms with Crippen LogP contribution in [-0.2, 0) is 9.53 Å². The van der Waals surface area contributed by atoms with Gasteiger partial charge in [-0.25, -0.2) is 4.79 Å². The summed E-state index contributed by atoms with van der Waals surface area (Å²) >= 11 is 0. The summed E-state index contributed by atoms with van der Waals surface area (Å²) in [7, 11) is 0. The quantitative estimate of drug-likeness (QED) is 0.589. The van der Waals surface area contributed by atoms with Gasteiger partial charge in [-0.1, -0.05) is 48.5 Å². The molecular weight excluding hydrogens is 302 g/mol. The summed E-state index contributed by atoms with van der Waals surface area (Å²) in [6.45, 7) is 3.90. The lowest BCUT2D eigenvalue weighted by Gasteiger charge is -2.15. The fourth-order valence-corrected chi connectivity index (χ4v) is 2.82. The van der Waals surface area contributed by atoms with Crippen LogP contribution in [0.25, 0.3) is 21.5 Å². The number of fused-ring (bicyclic) bond motifs is 2. The highest BCUT2D eigenvalue weighted by atomic mass is 16.5. The summed E-state index contributed by atoms with van der Waals surface area (Å²) in [5.41, 5.74) is 0.500. The van der Waals surface area contributed by atoms with Gasteiger partial charge in [-0.2, -0.15) is 0 Å². The van der Waals surface area contributed by atoms with Gasteiger partial charge in [-0.05, 0) is 41.5 Å². The number of likely N-dealkylation sites (N-methyl/N-ethyl adjacent to an activating group) is 1. The molecule has 0 bridgehead atoms. The number of esters is 1. The molecule has 0 aliphatic heterocycles. The number of rotatable bonds is 4. The van der Waals surface area contributed by atoms with Gasteiger partial charge in [0.15, 0.2) is 6.10 Å². The normalized spacial score (nSPS) is 12.1. The highest BCUT2D eigenvalue weighted by Gasteiger charge is 2.21. The van der Waals surface area contributed by atoms with E-state index in [0.717, 1.165) is 21.5 Å². The standard InChI is InChI=1S/C20H19NO3/c1-3-21-19(22)13(2)24-20(23)18-16-10-6-4-8-14(16)12-15-9-5-7-11-17(15)18/h4-13H,3H2,1-2H3,(H,21,22)/t13-/m1/s1. The molecular formula is C20H19NO3. The zero-order chi connectivity index (χ0) is 17.1. The molecule has 24 heavy (non-hydrogen) atoms. The maximum atomic E-state index is 12.8. The van der Waals surface area contributed by atoms with Crippen molar-refractivity contribution in [3.63, 3.8) is 0 Å². The predicted molar refractivity (Wildman–Crippen MR) is 95.0 cm³/mol. The molecule has 0 radical (unpaired) electrons. The lowest BCUT2D eigenvalue weighted by Crippen LogP contribution is -2.35. The van der Waals surface area contributed by atoms with Gasteiger partial charge in [0.2, 0.25) is 0 Å². The van der Waals surface area contributed by atoms with E-state index >= 15 is 0 Å². The summed E-state index contributed by atoms with van der Waals surface area (Å²) in [4.78, 5) is 24.6. The number of ether oxygens (including phenoxy) is 1. The minimum atomic E-state index is -0.838. The smallest absolute Gasteiger partial charge is 0.340 e. The molecule has 0 fully saturated rings. The first-order valence-electron chi connectivity index (χ1n) is 8.01. The van der Waals surface area contributed by atoms with E-state index in [-0.39, 0.29) is 5.91 Å². The highest BCUT2D eigenvalue weighted by molar-refractivity contribution is 6.16. The molecule has 4 nitrogen and oxygen atoms in total. The number of carbonyl (C=O) groups excluding carboxylic acids is 2. The van der Waals surface area contributed by atoms with Crippen molar-refractivity contribution < 1.29 is 14.3 Å². The zero-order valence-corrected chi connectivity index (χ0v) is 13.7. The number of nitrogens with one attached hydrogen (secondary N) is 1.